The minimum Gasteiger partial charge on any atom is -0.370 e. The molecule has 0 saturated carbocycles. The van der Waals surface area contributed by atoms with Crippen LogP contribution in [0.1, 0.15) is 58.6 Å². The molecule has 1 amide bonds. The second kappa shape index (κ2) is 9.00. The molecule has 28 heavy (non-hydrogen) atoms. The van der Waals surface area contributed by atoms with Crippen molar-refractivity contribution in [1.29, 1.82) is 0 Å². The summed E-state index contributed by atoms with van der Waals surface area (Å²) < 4.78 is 1.79. The monoisotopic (exact) mass is 502 g/mol. The first-order valence-electron chi connectivity index (χ1n) is 10.0. The minimum atomic E-state index is -0.245. The van der Waals surface area contributed by atoms with Gasteiger partial charge in [-0.1, -0.05) is 6.92 Å². The van der Waals surface area contributed by atoms with Crippen molar-refractivity contribution in [3.8, 4) is 0 Å². The molecule has 7 nitrogen and oxygen atoms in total. The molecule has 2 N–H and O–H groups in total. The SMILES string of the molecule is CC1CCN(C(N)=NC[C@@H]2CC(=O)N(C(C)(C)C)[C@H]2c2cnn(C)c2)CC1.I. The maximum Gasteiger partial charge on any atom is 0.223 e. The van der Waals surface area contributed by atoms with Crippen molar-refractivity contribution in [2.45, 2.75) is 58.5 Å². The van der Waals surface area contributed by atoms with Crippen LogP contribution in [0.2, 0.25) is 0 Å². The highest BCUT2D eigenvalue weighted by Gasteiger charge is 2.45. The third-order valence-electron chi connectivity index (χ3n) is 5.81. The van der Waals surface area contributed by atoms with E-state index in [9.17, 15) is 4.79 Å². The first kappa shape index (κ1) is 23.0. The Bertz CT molecular complexity index is 702. The second-order valence-corrected chi connectivity index (χ2v) is 9.16. The average Bonchev–Trinajstić information content (AvgIpc) is 3.15. The van der Waals surface area contributed by atoms with E-state index in [-0.39, 0.29) is 47.4 Å². The van der Waals surface area contributed by atoms with E-state index in [1.165, 1.54) is 0 Å². The molecule has 0 unspecified atom stereocenters. The highest BCUT2D eigenvalue weighted by atomic mass is 127. The van der Waals surface area contributed by atoms with E-state index in [1.807, 2.05) is 24.3 Å². The third kappa shape index (κ3) is 4.99. The summed E-state index contributed by atoms with van der Waals surface area (Å²) in [7, 11) is 1.91. The van der Waals surface area contributed by atoms with Crippen LogP contribution in [0.4, 0.5) is 0 Å². The summed E-state index contributed by atoms with van der Waals surface area (Å²) in [6, 6.07) is -0.0101. The Labute approximate surface area is 185 Å². The van der Waals surface area contributed by atoms with Gasteiger partial charge in [0, 0.05) is 56.3 Å². The number of aliphatic imine (C=N–C) groups is 1. The summed E-state index contributed by atoms with van der Waals surface area (Å²) in [6.07, 6.45) is 6.70. The molecule has 2 aliphatic rings. The van der Waals surface area contributed by atoms with Gasteiger partial charge in [-0.2, -0.15) is 5.10 Å². The van der Waals surface area contributed by atoms with Crippen molar-refractivity contribution >= 4 is 35.8 Å². The minimum absolute atomic E-state index is 0. The van der Waals surface area contributed by atoms with Gasteiger partial charge in [-0.3, -0.25) is 14.5 Å². The van der Waals surface area contributed by atoms with Crippen molar-refractivity contribution in [3.63, 3.8) is 0 Å². The number of hydrogen-bond donors (Lipinski definition) is 1. The number of aromatic nitrogens is 2. The lowest BCUT2D eigenvalue weighted by Crippen LogP contribution is -2.44. The summed E-state index contributed by atoms with van der Waals surface area (Å²) >= 11 is 0. The fraction of sp³-hybridized carbons (Fsp3) is 0.750. The lowest BCUT2D eigenvalue weighted by Gasteiger charge is -2.38. The summed E-state index contributed by atoms with van der Waals surface area (Å²) in [5.41, 5.74) is 7.10. The van der Waals surface area contributed by atoms with Gasteiger partial charge in [-0.25, -0.2) is 0 Å². The Balaban J connectivity index is 0.00000280. The molecule has 1 aromatic heterocycles. The van der Waals surface area contributed by atoms with Crippen LogP contribution in [-0.2, 0) is 11.8 Å². The standard InChI is InChI=1S/C20H34N6O.HI/c1-14-6-8-25(9-7-14)19(21)22-11-15-10-17(27)26(20(2,3)4)18(15)16-12-23-24(5)13-16;/h12-15,18H,6-11H2,1-5H3,(H2,21,22);1H/t15-,18+;/m0./s1. The van der Waals surface area contributed by atoms with Crippen LogP contribution in [-0.4, -0.2) is 56.6 Å². The molecule has 0 aromatic carbocycles. The molecule has 0 aliphatic carbocycles. The van der Waals surface area contributed by atoms with Crippen LogP contribution in [0, 0.1) is 11.8 Å². The van der Waals surface area contributed by atoms with Gasteiger partial charge in [0.25, 0.3) is 0 Å². The number of guanidine groups is 1. The fourth-order valence-corrected chi connectivity index (χ4v) is 4.32. The summed E-state index contributed by atoms with van der Waals surface area (Å²) in [5.74, 6) is 1.68. The number of aryl methyl sites for hydroxylation is 1. The van der Waals surface area contributed by atoms with E-state index < -0.39 is 0 Å². The number of amides is 1. The summed E-state index contributed by atoms with van der Waals surface area (Å²) in [5, 5.41) is 4.32. The molecule has 0 radical (unpaired) electrons. The Kier molecular flexibility index (Phi) is 7.38. The van der Waals surface area contributed by atoms with Gasteiger partial charge in [0.1, 0.15) is 0 Å². The van der Waals surface area contributed by atoms with Gasteiger partial charge < -0.3 is 15.5 Å². The van der Waals surface area contributed by atoms with Gasteiger partial charge >= 0.3 is 0 Å². The first-order chi connectivity index (χ1) is 12.7. The number of piperidine rings is 1. The number of carbonyl (C=O) groups is 1. The molecule has 3 rings (SSSR count). The molecule has 2 fully saturated rings. The zero-order valence-electron chi connectivity index (χ0n) is 17.8. The number of halogens is 1. The molecule has 8 heteroatoms. The predicted octanol–water partition coefficient (Wildman–Crippen LogP) is 2.77. The van der Waals surface area contributed by atoms with Gasteiger partial charge in [-0.05, 0) is 39.5 Å². The van der Waals surface area contributed by atoms with Gasteiger partial charge in [0.05, 0.1) is 12.2 Å². The number of carbonyl (C=O) groups excluding carboxylic acids is 1. The number of nitrogens with zero attached hydrogens (tertiary/aromatic N) is 5. The quantitative estimate of drug-likeness (QED) is 0.392. The summed E-state index contributed by atoms with van der Waals surface area (Å²) in [6.45, 7) is 11.1. The lowest BCUT2D eigenvalue weighted by atomic mass is 9.93. The van der Waals surface area contributed by atoms with Crippen LogP contribution in [0.3, 0.4) is 0 Å². The number of rotatable bonds is 3. The van der Waals surface area contributed by atoms with Crippen molar-refractivity contribution in [2.24, 2.45) is 29.6 Å². The number of likely N-dealkylation sites (tertiary alicyclic amines) is 2. The van der Waals surface area contributed by atoms with Crippen molar-refractivity contribution in [2.75, 3.05) is 19.6 Å². The number of nitrogens with two attached hydrogens (primary N) is 1. The van der Waals surface area contributed by atoms with Gasteiger partial charge in [-0.15, -0.1) is 24.0 Å². The maximum absolute atomic E-state index is 12.8. The van der Waals surface area contributed by atoms with E-state index in [0.717, 1.165) is 37.4 Å². The highest BCUT2D eigenvalue weighted by Crippen LogP contribution is 2.42. The predicted molar refractivity (Wildman–Crippen MR) is 123 cm³/mol. The Morgan fingerprint density at radius 1 is 1.32 bits per heavy atom. The molecular weight excluding hydrogens is 467 g/mol. The molecule has 2 saturated heterocycles. The topological polar surface area (TPSA) is 79.8 Å². The van der Waals surface area contributed by atoms with E-state index in [1.54, 1.807) is 4.68 Å². The third-order valence-corrected chi connectivity index (χ3v) is 5.81. The van der Waals surface area contributed by atoms with E-state index in [4.69, 9.17) is 10.7 Å². The first-order valence-corrected chi connectivity index (χ1v) is 10.0. The number of hydrogen-bond acceptors (Lipinski definition) is 3. The van der Waals surface area contributed by atoms with E-state index in [2.05, 4.69) is 37.7 Å². The van der Waals surface area contributed by atoms with Crippen LogP contribution >= 0.6 is 24.0 Å². The van der Waals surface area contributed by atoms with Crippen LogP contribution < -0.4 is 5.73 Å². The molecule has 1 aromatic rings. The molecular formula is C20H35IN6O. The zero-order valence-corrected chi connectivity index (χ0v) is 20.1. The van der Waals surface area contributed by atoms with Gasteiger partial charge in [0.2, 0.25) is 5.91 Å². The molecule has 2 atom stereocenters. The fourth-order valence-electron chi connectivity index (χ4n) is 4.32. The normalized spacial score (nSPS) is 24.6. The Morgan fingerprint density at radius 2 is 1.96 bits per heavy atom. The maximum atomic E-state index is 12.8. The largest absolute Gasteiger partial charge is 0.370 e. The lowest BCUT2D eigenvalue weighted by molar-refractivity contribution is -0.133. The Hall–Kier alpha value is -1.32. The molecule has 158 valence electrons. The molecule has 3 heterocycles. The van der Waals surface area contributed by atoms with Crippen molar-refractivity contribution in [3.05, 3.63) is 18.0 Å². The zero-order chi connectivity index (χ0) is 19.8. The highest BCUT2D eigenvalue weighted by molar-refractivity contribution is 14.0. The molecule has 0 spiro atoms. The smallest absolute Gasteiger partial charge is 0.223 e. The Morgan fingerprint density at radius 3 is 2.50 bits per heavy atom. The van der Waals surface area contributed by atoms with Crippen molar-refractivity contribution in [1.82, 2.24) is 19.6 Å². The van der Waals surface area contributed by atoms with Crippen molar-refractivity contribution < 1.29 is 4.79 Å². The van der Waals surface area contributed by atoms with Crippen LogP contribution in [0.5, 0.6) is 0 Å². The van der Waals surface area contributed by atoms with Gasteiger partial charge in [0.15, 0.2) is 5.96 Å². The summed E-state index contributed by atoms with van der Waals surface area (Å²) in [4.78, 5) is 21.7. The molecule has 2 aliphatic heterocycles. The van der Waals surface area contributed by atoms with Crippen LogP contribution in [0.15, 0.2) is 17.4 Å². The van der Waals surface area contributed by atoms with Crippen LogP contribution in [0.25, 0.3) is 0 Å². The molecule has 0 bridgehead atoms. The average molecular weight is 502 g/mol. The second-order valence-electron chi connectivity index (χ2n) is 9.16. The van der Waals surface area contributed by atoms with E-state index >= 15 is 0 Å². The van der Waals surface area contributed by atoms with E-state index in [0.29, 0.717) is 18.9 Å².